The summed E-state index contributed by atoms with van der Waals surface area (Å²) in [6.45, 7) is 2.87. The van der Waals surface area contributed by atoms with Crippen molar-refractivity contribution in [3.05, 3.63) is 64.5 Å². The van der Waals surface area contributed by atoms with Crippen LogP contribution >= 0.6 is 0 Å². The number of pyridine rings is 1. The number of dihydropyridines is 1. The monoisotopic (exact) mass is 474 g/mol. The third kappa shape index (κ3) is 3.88. The molecule has 7 nitrogen and oxygen atoms in total. The normalized spacial score (nSPS) is 22.7. The van der Waals surface area contributed by atoms with E-state index >= 15 is 0 Å². The number of piperidine rings is 1. The quantitative estimate of drug-likeness (QED) is 0.703. The Bertz CT molecular complexity index is 1290. The Morgan fingerprint density at radius 3 is 2.49 bits per heavy atom. The van der Waals surface area contributed by atoms with Gasteiger partial charge in [-0.3, -0.25) is 9.79 Å². The largest absolute Gasteiger partial charge is 0.370 e. The highest BCUT2D eigenvalue weighted by atomic mass is 19.1. The summed E-state index contributed by atoms with van der Waals surface area (Å²) >= 11 is 0. The van der Waals surface area contributed by atoms with Crippen molar-refractivity contribution in [2.75, 3.05) is 36.4 Å². The number of aromatic nitrogens is 1. The Morgan fingerprint density at radius 2 is 1.86 bits per heavy atom. The first-order valence-electron chi connectivity index (χ1n) is 11.9. The highest BCUT2D eigenvalue weighted by Gasteiger charge is 2.44. The van der Waals surface area contributed by atoms with Crippen LogP contribution in [0.5, 0.6) is 0 Å². The molecule has 0 amide bonds. The summed E-state index contributed by atoms with van der Waals surface area (Å²) in [5, 5.41) is 15.2. The maximum atomic E-state index is 14.7. The number of anilines is 2. The second-order valence-corrected chi connectivity index (χ2v) is 9.78. The smallest absolute Gasteiger partial charge is 0.208 e. The predicted molar refractivity (Wildman–Crippen MR) is 127 cm³/mol. The number of hydrogen-bond donors (Lipinski definition) is 2. The van der Waals surface area contributed by atoms with Gasteiger partial charge in [-0.05, 0) is 55.4 Å². The molecule has 1 unspecified atom stereocenters. The van der Waals surface area contributed by atoms with Crippen molar-refractivity contribution in [2.45, 2.75) is 31.7 Å². The van der Waals surface area contributed by atoms with E-state index in [1.807, 2.05) is 12.1 Å². The molecule has 2 aromatic rings. The van der Waals surface area contributed by atoms with Crippen molar-refractivity contribution in [2.24, 2.45) is 10.4 Å². The summed E-state index contributed by atoms with van der Waals surface area (Å²) in [6, 6.07) is 6.01. The van der Waals surface area contributed by atoms with E-state index in [1.165, 1.54) is 25.7 Å². The van der Waals surface area contributed by atoms with Crippen LogP contribution in [0.2, 0.25) is 0 Å². The molecule has 4 heterocycles. The molecule has 1 aromatic heterocycles. The van der Waals surface area contributed by atoms with E-state index in [9.17, 15) is 13.6 Å². The average Bonchev–Trinajstić information content (AvgIpc) is 3.44. The van der Waals surface area contributed by atoms with Gasteiger partial charge in [-0.15, -0.1) is 0 Å². The number of hydrogen-bond acceptors (Lipinski definition) is 7. The lowest BCUT2D eigenvalue weighted by atomic mass is 9.92. The number of nitrogens with one attached hydrogen (secondary N) is 2. The van der Waals surface area contributed by atoms with Gasteiger partial charge in [0.1, 0.15) is 23.5 Å². The summed E-state index contributed by atoms with van der Waals surface area (Å²) in [4.78, 5) is 24.7. The summed E-state index contributed by atoms with van der Waals surface area (Å²) in [5.41, 5.74) is 2.54. The van der Waals surface area contributed by atoms with E-state index in [0.717, 1.165) is 30.9 Å². The van der Waals surface area contributed by atoms with Crippen molar-refractivity contribution in [3.8, 4) is 6.07 Å². The van der Waals surface area contributed by atoms with Crippen LogP contribution in [0.1, 0.15) is 42.9 Å². The molecule has 4 aliphatic rings. The average molecular weight is 475 g/mol. The van der Waals surface area contributed by atoms with Crippen LogP contribution in [-0.4, -0.2) is 42.7 Å². The summed E-state index contributed by atoms with van der Waals surface area (Å²) in [6.07, 6.45) is 6.94. The van der Waals surface area contributed by atoms with Gasteiger partial charge in [0, 0.05) is 31.8 Å². The lowest BCUT2D eigenvalue weighted by Crippen LogP contribution is -2.34. The number of carbonyl (C=O) groups excluding carboxylic acids is 1. The van der Waals surface area contributed by atoms with Gasteiger partial charge < -0.3 is 15.5 Å². The standard InChI is InChI=1S/C26H24F2N6O/c27-18-9-15(11-29)10-19(28)22(18)24-25(35)23(17-13-30-14-20(17)32-24)33-21-2-1-16(12-31-21)34-7-5-26(3-4-26)6-8-34/h1-2,9-10,12,24,30H,3-8,13-14H2,(H,31,33). The van der Waals surface area contributed by atoms with Crippen molar-refractivity contribution < 1.29 is 13.6 Å². The molecule has 1 atom stereocenters. The van der Waals surface area contributed by atoms with Gasteiger partial charge in [0.05, 0.1) is 40.5 Å². The lowest BCUT2D eigenvalue weighted by molar-refractivity contribution is -0.116. The fourth-order valence-corrected chi connectivity index (χ4v) is 5.30. The highest BCUT2D eigenvalue weighted by Crippen LogP contribution is 2.53. The van der Waals surface area contributed by atoms with Gasteiger partial charge in [0.25, 0.3) is 0 Å². The molecule has 2 N–H and O–H groups in total. The minimum Gasteiger partial charge on any atom is -0.370 e. The molecule has 3 aliphatic heterocycles. The maximum absolute atomic E-state index is 14.7. The van der Waals surface area contributed by atoms with Gasteiger partial charge in [0.2, 0.25) is 5.78 Å². The minimum atomic E-state index is -1.37. The first-order valence-corrected chi connectivity index (χ1v) is 11.9. The summed E-state index contributed by atoms with van der Waals surface area (Å²) in [7, 11) is 0. The van der Waals surface area contributed by atoms with Crippen LogP contribution in [0.25, 0.3) is 0 Å². The Morgan fingerprint density at radius 1 is 1.11 bits per heavy atom. The molecule has 35 heavy (non-hydrogen) atoms. The van der Waals surface area contributed by atoms with Gasteiger partial charge in [-0.1, -0.05) is 0 Å². The second kappa shape index (κ2) is 8.24. The molecule has 3 fully saturated rings. The number of nitrogens with zero attached hydrogens (tertiary/aromatic N) is 4. The highest BCUT2D eigenvalue weighted by molar-refractivity contribution is 6.17. The lowest BCUT2D eigenvalue weighted by Gasteiger charge is -2.33. The molecule has 1 aromatic carbocycles. The van der Waals surface area contributed by atoms with Crippen LogP contribution in [-0.2, 0) is 4.79 Å². The molecule has 9 heteroatoms. The maximum Gasteiger partial charge on any atom is 0.208 e. The molecule has 2 saturated heterocycles. The Balaban J connectivity index is 1.26. The van der Waals surface area contributed by atoms with Gasteiger partial charge in [-0.25, -0.2) is 13.8 Å². The molecule has 1 aliphatic carbocycles. The van der Waals surface area contributed by atoms with E-state index < -0.39 is 29.0 Å². The number of aliphatic imine (C=N–C) groups is 1. The number of Topliss-reactive ketones (excluding diaryl/α,β-unsaturated/α-hetero) is 1. The van der Waals surface area contributed by atoms with E-state index in [4.69, 9.17) is 5.26 Å². The van der Waals surface area contributed by atoms with Crippen molar-refractivity contribution in [1.29, 1.82) is 5.26 Å². The van der Waals surface area contributed by atoms with Gasteiger partial charge >= 0.3 is 0 Å². The zero-order chi connectivity index (χ0) is 24.2. The van der Waals surface area contributed by atoms with E-state index in [0.29, 0.717) is 35.6 Å². The molecule has 178 valence electrons. The molecule has 6 rings (SSSR count). The third-order valence-electron chi connectivity index (χ3n) is 7.65. The van der Waals surface area contributed by atoms with Gasteiger partial charge in [-0.2, -0.15) is 5.26 Å². The summed E-state index contributed by atoms with van der Waals surface area (Å²) in [5.74, 6) is -1.98. The number of ketones is 1. The molecular weight excluding hydrogens is 450 g/mol. The second-order valence-electron chi connectivity index (χ2n) is 9.78. The summed E-state index contributed by atoms with van der Waals surface area (Å²) < 4.78 is 29.5. The number of nitriles is 1. The Hall–Kier alpha value is -3.64. The van der Waals surface area contributed by atoms with Crippen molar-refractivity contribution in [1.82, 2.24) is 10.3 Å². The third-order valence-corrected chi connectivity index (χ3v) is 7.65. The number of rotatable bonds is 4. The number of benzene rings is 1. The molecule has 1 spiro atoms. The fraction of sp³-hybridized carbons (Fsp3) is 0.385. The minimum absolute atomic E-state index is 0.151. The Kier molecular flexibility index (Phi) is 5.15. The van der Waals surface area contributed by atoms with Crippen molar-refractivity contribution >= 4 is 23.0 Å². The van der Waals surface area contributed by atoms with Crippen LogP contribution < -0.4 is 15.5 Å². The zero-order valence-electron chi connectivity index (χ0n) is 19.1. The van der Waals surface area contributed by atoms with Crippen LogP contribution in [0.3, 0.4) is 0 Å². The molecule has 1 saturated carbocycles. The van der Waals surface area contributed by atoms with Crippen LogP contribution in [0.4, 0.5) is 20.3 Å². The SMILES string of the molecule is N#Cc1cc(F)c(C2N=C3CNCC3=C(Nc3ccc(N4CCC5(CC4)CC5)cn3)C2=O)c(F)c1. The zero-order valence-corrected chi connectivity index (χ0v) is 19.1. The first-order chi connectivity index (χ1) is 17.0. The fourth-order valence-electron chi connectivity index (χ4n) is 5.30. The van der Waals surface area contributed by atoms with Crippen LogP contribution in [0, 0.1) is 28.4 Å². The number of fused-ring (bicyclic) bond motifs is 1. The van der Waals surface area contributed by atoms with E-state index in [2.05, 4.69) is 25.5 Å². The first kappa shape index (κ1) is 21.9. The number of halogens is 2. The van der Waals surface area contributed by atoms with E-state index in [1.54, 1.807) is 12.3 Å². The van der Waals surface area contributed by atoms with E-state index in [-0.39, 0.29) is 11.3 Å². The number of carbonyl (C=O) groups is 1. The molecule has 0 bridgehead atoms. The molecule has 0 radical (unpaired) electrons. The molecular formula is C26H24F2N6O. The van der Waals surface area contributed by atoms with Crippen LogP contribution in [0.15, 0.2) is 46.7 Å². The Labute approximate surface area is 201 Å². The topological polar surface area (TPSA) is 93.4 Å². The van der Waals surface area contributed by atoms with Gasteiger partial charge in [0.15, 0.2) is 0 Å². The predicted octanol–water partition coefficient (Wildman–Crippen LogP) is 3.65. The van der Waals surface area contributed by atoms with Crippen molar-refractivity contribution in [3.63, 3.8) is 0 Å².